The molecule has 2 nitrogen and oxygen atoms in total. The van der Waals surface area contributed by atoms with Crippen LogP contribution in [-0.4, -0.2) is 12.6 Å². The lowest BCUT2D eigenvalue weighted by Crippen LogP contribution is -2.27. The Morgan fingerprint density at radius 3 is 2.50 bits per heavy atom. The van der Waals surface area contributed by atoms with Gasteiger partial charge in [-0.1, -0.05) is 46.1 Å². The summed E-state index contributed by atoms with van der Waals surface area (Å²) in [4.78, 5) is 0. The zero-order valence-corrected chi connectivity index (χ0v) is 14.4. The molecule has 0 saturated carbocycles. The Hall–Kier alpha value is -0.480. The maximum atomic E-state index is 6.25. The van der Waals surface area contributed by atoms with E-state index in [-0.39, 0.29) is 0 Å². The molecule has 0 radical (unpaired) electrons. The van der Waals surface area contributed by atoms with Crippen LogP contribution in [0.4, 0.5) is 0 Å². The Labute approximate surface area is 137 Å². The van der Waals surface area contributed by atoms with Gasteiger partial charge in [0, 0.05) is 16.9 Å². The van der Waals surface area contributed by atoms with Crippen molar-refractivity contribution >= 4 is 39.1 Å². The molecule has 20 heavy (non-hydrogen) atoms. The summed E-state index contributed by atoms with van der Waals surface area (Å²) in [5.41, 5.74) is 0.735. The molecule has 0 aliphatic carbocycles. The minimum atomic E-state index is 0.370. The first-order chi connectivity index (χ1) is 9.51. The molecule has 1 heterocycles. The van der Waals surface area contributed by atoms with Crippen molar-refractivity contribution in [3.05, 3.63) is 44.5 Å². The molecule has 0 fully saturated rings. The van der Waals surface area contributed by atoms with E-state index >= 15 is 0 Å². The van der Waals surface area contributed by atoms with Crippen molar-refractivity contribution in [2.24, 2.45) is 0 Å². The van der Waals surface area contributed by atoms with Crippen molar-refractivity contribution in [3.8, 4) is 11.3 Å². The van der Waals surface area contributed by atoms with Gasteiger partial charge in [0.25, 0.3) is 0 Å². The summed E-state index contributed by atoms with van der Waals surface area (Å²) in [6.07, 6.45) is 0.833. The Bertz CT molecular complexity index is 574. The molecule has 0 saturated heterocycles. The Morgan fingerprint density at radius 2 is 1.90 bits per heavy atom. The zero-order chi connectivity index (χ0) is 14.7. The monoisotopic (exact) mass is 375 g/mol. The first-order valence-corrected chi connectivity index (χ1v) is 8.03. The van der Waals surface area contributed by atoms with Crippen LogP contribution in [0.1, 0.15) is 19.6 Å². The largest absolute Gasteiger partial charge is 0.461 e. The van der Waals surface area contributed by atoms with Gasteiger partial charge in [0.1, 0.15) is 11.5 Å². The fourth-order valence-corrected chi connectivity index (χ4v) is 3.52. The summed E-state index contributed by atoms with van der Waals surface area (Å²) in [7, 11) is 0. The van der Waals surface area contributed by atoms with E-state index in [1.54, 1.807) is 0 Å². The molecule has 1 unspecified atom stereocenters. The SMILES string of the molecule is CCNC(C)Cc1ccc(-c2c(Cl)cc(Br)cc2Cl)o1. The van der Waals surface area contributed by atoms with Crippen molar-refractivity contribution in [1.29, 1.82) is 0 Å². The second kappa shape index (κ2) is 6.99. The van der Waals surface area contributed by atoms with Gasteiger partial charge < -0.3 is 9.73 Å². The lowest BCUT2D eigenvalue weighted by molar-refractivity contribution is 0.470. The summed E-state index contributed by atoms with van der Waals surface area (Å²) in [5, 5.41) is 4.50. The van der Waals surface area contributed by atoms with E-state index in [1.165, 1.54) is 0 Å². The van der Waals surface area contributed by atoms with Crippen LogP contribution in [-0.2, 0) is 6.42 Å². The predicted molar refractivity (Wildman–Crippen MR) is 88.7 cm³/mol. The fraction of sp³-hybridized carbons (Fsp3) is 0.333. The highest BCUT2D eigenvalue weighted by atomic mass is 79.9. The summed E-state index contributed by atoms with van der Waals surface area (Å²) < 4.78 is 6.71. The molecule has 1 N–H and O–H groups in total. The molecule has 0 aliphatic rings. The van der Waals surface area contributed by atoms with Crippen LogP contribution < -0.4 is 5.32 Å². The van der Waals surface area contributed by atoms with E-state index in [4.69, 9.17) is 27.6 Å². The average molecular weight is 377 g/mol. The summed E-state index contributed by atoms with van der Waals surface area (Å²) in [5.74, 6) is 1.62. The van der Waals surface area contributed by atoms with Crippen LogP contribution in [0.3, 0.4) is 0 Å². The summed E-state index contributed by atoms with van der Waals surface area (Å²) in [6.45, 7) is 5.16. The number of nitrogens with one attached hydrogen (secondary N) is 1. The molecule has 1 aromatic heterocycles. The van der Waals surface area contributed by atoms with E-state index in [0.717, 1.165) is 28.8 Å². The molecule has 1 aromatic carbocycles. The second-order valence-corrected chi connectivity index (χ2v) is 6.40. The number of rotatable bonds is 5. The smallest absolute Gasteiger partial charge is 0.137 e. The van der Waals surface area contributed by atoms with Gasteiger partial charge in [0.2, 0.25) is 0 Å². The van der Waals surface area contributed by atoms with E-state index in [2.05, 4.69) is 35.1 Å². The standard InChI is InChI=1S/C15H16BrCl2NO/c1-3-19-9(2)6-11-4-5-14(20-11)15-12(17)7-10(16)8-13(15)18/h4-5,7-9,19H,3,6H2,1-2H3. The first kappa shape index (κ1) is 15.9. The highest BCUT2D eigenvalue weighted by Gasteiger charge is 2.14. The topological polar surface area (TPSA) is 25.2 Å². The number of benzene rings is 1. The number of halogens is 3. The third kappa shape index (κ3) is 3.79. The second-order valence-electron chi connectivity index (χ2n) is 4.67. The van der Waals surface area contributed by atoms with Crippen LogP contribution in [0.15, 0.2) is 33.2 Å². The van der Waals surface area contributed by atoms with Crippen molar-refractivity contribution < 1.29 is 4.42 Å². The van der Waals surface area contributed by atoms with Crippen molar-refractivity contribution in [1.82, 2.24) is 5.32 Å². The van der Waals surface area contributed by atoms with Crippen LogP contribution in [0.5, 0.6) is 0 Å². The third-order valence-electron chi connectivity index (χ3n) is 2.97. The molecule has 0 bridgehead atoms. The zero-order valence-electron chi connectivity index (χ0n) is 11.3. The summed E-state index contributed by atoms with van der Waals surface area (Å²) in [6, 6.07) is 7.88. The van der Waals surface area contributed by atoms with Crippen molar-refractivity contribution in [3.63, 3.8) is 0 Å². The maximum Gasteiger partial charge on any atom is 0.137 e. The van der Waals surface area contributed by atoms with E-state index in [9.17, 15) is 0 Å². The first-order valence-electron chi connectivity index (χ1n) is 6.48. The van der Waals surface area contributed by atoms with Gasteiger partial charge in [0.05, 0.1) is 15.6 Å². The number of hydrogen-bond donors (Lipinski definition) is 1. The van der Waals surface area contributed by atoms with Crippen LogP contribution >= 0.6 is 39.1 Å². The van der Waals surface area contributed by atoms with E-state index in [1.807, 2.05) is 24.3 Å². The number of hydrogen-bond acceptors (Lipinski definition) is 2. The highest BCUT2D eigenvalue weighted by Crippen LogP contribution is 2.38. The quantitative estimate of drug-likeness (QED) is 0.739. The fourth-order valence-electron chi connectivity index (χ4n) is 2.12. The van der Waals surface area contributed by atoms with Gasteiger partial charge in [-0.2, -0.15) is 0 Å². The van der Waals surface area contributed by atoms with Crippen molar-refractivity contribution in [2.75, 3.05) is 6.54 Å². The molecule has 2 rings (SSSR count). The minimum Gasteiger partial charge on any atom is -0.461 e. The van der Waals surface area contributed by atoms with E-state index < -0.39 is 0 Å². The molecule has 0 aliphatic heterocycles. The average Bonchev–Trinajstić information content (AvgIpc) is 2.76. The van der Waals surface area contributed by atoms with E-state index in [0.29, 0.717) is 21.8 Å². The van der Waals surface area contributed by atoms with Gasteiger partial charge in [-0.05, 0) is 37.7 Å². The van der Waals surface area contributed by atoms with Crippen LogP contribution in [0, 0.1) is 0 Å². The van der Waals surface area contributed by atoms with Crippen molar-refractivity contribution in [2.45, 2.75) is 26.3 Å². The van der Waals surface area contributed by atoms with Gasteiger partial charge >= 0.3 is 0 Å². The number of likely N-dealkylation sites (N-methyl/N-ethyl adjacent to an activating group) is 1. The molecule has 1 atom stereocenters. The lowest BCUT2D eigenvalue weighted by atomic mass is 10.1. The van der Waals surface area contributed by atoms with Gasteiger partial charge in [-0.3, -0.25) is 0 Å². The molecule has 0 amide bonds. The van der Waals surface area contributed by atoms with Gasteiger partial charge in [-0.25, -0.2) is 0 Å². The predicted octanol–water partition coefficient (Wildman–Crippen LogP) is 5.56. The van der Waals surface area contributed by atoms with Gasteiger partial charge in [0.15, 0.2) is 0 Å². The van der Waals surface area contributed by atoms with Gasteiger partial charge in [-0.15, -0.1) is 0 Å². The highest BCUT2D eigenvalue weighted by molar-refractivity contribution is 9.10. The maximum absolute atomic E-state index is 6.25. The molecule has 0 spiro atoms. The molecular weight excluding hydrogens is 361 g/mol. The molecule has 5 heteroatoms. The Morgan fingerprint density at radius 1 is 1.25 bits per heavy atom. The molecular formula is C15H16BrCl2NO. The van der Waals surface area contributed by atoms with Crippen LogP contribution in [0.2, 0.25) is 10.0 Å². The molecule has 108 valence electrons. The Balaban J connectivity index is 2.25. The normalized spacial score (nSPS) is 12.7. The number of furan rings is 1. The summed E-state index contributed by atoms with van der Waals surface area (Å²) >= 11 is 15.9. The molecule has 2 aromatic rings. The third-order valence-corrected chi connectivity index (χ3v) is 4.03. The van der Waals surface area contributed by atoms with Crippen LogP contribution in [0.25, 0.3) is 11.3 Å². The minimum absolute atomic E-state index is 0.370. The Kier molecular flexibility index (Phi) is 5.56. The lowest BCUT2D eigenvalue weighted by Gasteiger charge is -2.10.